The number of fused-ring (bicyclic) bond motifs is 2. The molecule has 1 atom stereocenters. The fourth-order valence-corrected chi connectivity index (χ4v) is 6.19. The molecule has 36 heavy (non-hydrogen) atoms. The summed E-state index contributed by atoms with van der Waals surface area (Å²) >= 11 is -1.20. The van der Waals surface area contributed by atoms with Crippen LogP contribution in [-0.4, -0.2) is 70.9 Å². The Hall–Kier alpha value is -3.12. The fourth-order valence-electron chi connectivity index (χ4n) is 4.91. The Morgan fingerprint density at radius 1 is 1.17 bits per heavy atom. The normalized spacial score (nSPS) is 17.9. The predicted octanol–water partition coefficient (Wildman–Crippen LogP) is 3.30. The van der Waals surface area contributed by atoms with E-state index in [4.69, 9.17) is 9.72 Å². The highest BCUT2D eigenvalue weighted by atomic mass is 32.2. The van der Waals surface area contributed by atoms with Gasteiger partial charge in [-0.1, -0.05) is 13.0 Å². The maximum atomic E-state index is 14.1. The van der Waals surface area contributed by atoms with E-state index in [2.05, 4.69) is 15.2 Å². The zero-order chi connectivity index (χ0) is 24.8. The number of imidazole rings is 1. The molecular weight excluding hydrogens is 483 g/mol. The Balaban J connectivity index is 1.28. The third-order valence-electron chi connectivity index (χ3n) is 6.86. The average molecular weight is 511 g/mol. The van der Waals surface area contributed by atoms with Crippen LogP contribution in [0.25, 0.3) is 33.5 Å². The molecule has 3 N–H and O–H groups in total. The van der Waals surface area contributed by atoms with Gasteiger partial charge in [-0.05, 0) is 47.4 Å². The van der Waals surface area contributed by atoms with Crippen molar-refractivity contribution in [1.82, 2.24) is 28.8 Å². The minimum Gasteiger partial charge on any atom is -0.505 e. The Bertz CT molecular complexity index is 1460. The first-order valence-corrected chi connectivity index (χ1v) is 13.2. The SMILES string of the molecule is CCc1cc(O)c(F)cc1-c1ccc2c(-c3nc4c([nH]3)CN(S(=O)N3CCOCC3)CC4)n[nH]c2c1. The summed E-state index contributed by atoms with van der Waals surface area (Å²) in [4.78, 5) is 8.21. The zero-order valence-corrected chi connectivity index (χ0v) is 20.7. The summed E-state index contributed by atoms with van der Waals surface area (Å²) in [5.74, 6) is -0.310. The van der Waals surface area contributed by atoms with Crippen LogP contribution in [0.3, 0.4) is 0 Å². The molecular formula is C25H27FN6O3S. The second kappa shape index (κ2) is 9.40. The lowest BCUT2D eigenvalue weighted by Crippen LogP contribution is -2.46. The number of hydrogen-bond acceptors (Lipinski definition) is 5. The number of morpholine rings is 1. The van der Waals surface area contributed by atoms with Crippen LogP contribution < -0.4 is 0 Å². The molecule has 2 aromatic carbocycles. The van der Waals surface area contributed by atoms with E-state index in [9.17, 15) is 13.7 Å². The first-order chi connectivity index (χ1) is 17.5. The molecule has 1 saturated heterocycles. The third-order valence-corrected chi connectivity index (χ3v) is 8.42. The number of phenolic OH excluding ortho intramolecular Hbond substituents is 1. The van der Waals surface area contributed by atoms with E-state index < -0.39 is 17.0 Å². The van der Waals surface area contributed by atoms with Gasteiger partial charge in [0.15, 0.2) is 28.6 Å². The van der Waals surface area contributed by atoms with Crippen molar-refractivity contribution in [2.45, 2.75) is 26.3 Å². The summed E-state index contributed by atoms with van der Waals surface area (Å²) in [7, 11) is 0. The molecule has 0 bridgehead atoms. The standard InChI is InChI=1S/C25H27FN6O3S/c1-2-15-12-23(33)19(26)13-18(15)16-3-4-17-21(11-16)29-30-24(17)25-27-20-5-6-32(14-22(20)28-25)36(34)31-7-9-35-10-8-31/h3-4,11-13,33H,2,5-10,14H2,1H3,(H,27,28)(H,29,30). The van der Waals surface area contributed by atoms with Gasteiger partial charge in [-0.25, -0.2) is 22.2 Å². The van der Waals surface area contributed by atoms with Crippen LogP contribution in [0.5, 0.6) is 5.75 Å². The van der Waals surface area contributed by atoms with Gasteiger partial charge in [0.2, 0.25) is 0 Å². The summed E-state index contributed by atoms with van der Waals surface area (Å²) in [6.45, 7) is 5.73. The number of halogens is 1. The van der Waals surface area contributed by atoms with Gasteiger partial charge in [0.05, 0.1) is 36.7 Å². The molecule has 0 radical (unpaired) electrons. The number of aryl methyl sites for hydroxylation is 1. The number of nitrogens with one attached hydrogen (secondary N) is 2. The molecule has 6 rings (SSSR count). The minimum absolute atomic E-state index is 0.338. The fraction of sp³-hybridized carbons (Fsp3) is 0.360. The second-order valence-electron chi connectivity index (χ2n) is 9.04. The van der Waals surface area contributed by atoms with Crippen LogP contribution in [0, 0.1) is 5.82 Å². The van der Waals surface area contributed by atoms with Crippen LogP contribution in [-0.2, 0) is 35.3 Å². The monoisotopic (exact) mass is 510 g/mol. The molecule has 188 valence electrons. The van der Waals surface area contributed by atoms with Gasteiger partial charge in [-0.15, -0.1) is 0 Å². The highest BCUT2D eigenvalue weighted by molar-refractivity contribution is 7.80. The number of hydrogen-bond donors (Lipinski definition) is 3. The number of aromatic nitrogens is 4. The molecule has 2 aliphatic heterocycles. The molecule has 0 saturated carbocycles. The topological polar surface area (TPSA) is 110 Å². The van der Waals surface area contributed by atoms with Gasteiger partial charge < -0.3 is 14.8 Å². The summed E-state index contributed by atoms with van der Waals surface area (Å²) in [6.07, 6.45) is 1.38. The second-order valence-corrected chi connectivity index (χ2v) is 10.5. The van der Waals surface area contributed by atoms with Crippen LogP contribution >= 0.6 is 0 Å². The first kappa shape index (κ1) is 23.3. The largest absolute Gasteiger partial charge is 0.505 e. The molecule has 1 fully saturated rings. The maximum absolute atomic E-state index is 14.1. The molecule has 11 heteroatoms. The van der Waals surface area contributed by atoms with E-state index in [1.807, 2.05) is 33.7 Å². The number of benzene rings is 2. The Morgan fingerprint density at radius 3 is 2.81 bits per heavy atom. The molecule has 1 unspecified atom stereocenters. The number of H-pyrrole nitrogens is 2. The molecule has 4 aromatic rings. The van der Waals surface area contributed by atoms with Crippen molar-refractivity contribution in [3.05, 3.63) is 53.1 Å². The number of phenols is 1. The molecule has 0 spiro atoms. The number of nitrogens with zero attached hydrogens (tertiary/aromatic N) is 4. The van der Waals surface area contributed by atoms with Crippen molar-refractivity contribution in [3.63, 3.8) is 0 Å². The molecule has 2 aliphatic rings. The number of aromatic hydroxyl groups is 1. The molecule has 0 amide bonds. The number of aromatic amines is 2. The van der Waals surface area contributed by atoms with Gasteiger partial charge in [-0.3, -0.25) is 5.10 Å². The van der Waals surface area contributed by atoms with Crippen molar-refractivity contribution in [3.8, 4) is 28.4 Å². The van der Waals surface area contributed by atoms with Crippen molar-refractivity contribution in [2.75, 3.05) is 32.8 Å². The van der Waals surface area contributed by atoms with Crippen LogP contribution in [0.1, 0.15) is 23.9 Å². The summed E-state index contributed by atoms with van der Waals surface area (Å²) in [5.41, 5.74) is 5.90. The molecule has 9 nitrogen and oxygen atoms in total. The van der Waals surface area contributed by atoms with Crippen LogP contribution in [0.4, 0.5) is 4.39 Å². The third kappa shape index (κ3) is 4.11. The van der Waals surface area contributed by atoms with Crippen molar-refractivity contribution < 1.29 is 18.4 Å². The summed E-state index contributed by atoms with van der Waals surface area (Å²) < 4.78 is 36.4. The van der Waals surface area contributed by atoms with Gasteiger partial charge in [0, 0.05) is 31.4 Å². The van der Waals surface area contributed by atoms with Crippen molar-refractivity contribution >= 4 is 22.1 Å². The average Bonchev–Trinajstić information content (AvgIpc) is 3.53. The lowest BCUT2D eigenvalue weighted by Gasteiger charge is -2.32. The Labute approximate surface area is 210 Å². The molecule has 2 aromatic heterocycles. The smallest absolute Gasteiger partial charge is 0.173 e. The zero-order valence-electron chi connectivity index (χ0n) is 19.9. The molecule has 0 aliphatic carbocycles. The van der Waals surface area contributed by atoms with Crippen molar-refractivity contribution in [2.24, 2.45) is 0 Å². The van der Waals surface area contributed by atoms with Gasteiger partial charge >= 0.3 is 0 Å². The number of rotatable bonds is 5. The van der Waals surface area contributed by atoms with Gasteiger partial charge in [0.1, 0.15) is 5.69 Å². The lowest BCUT2D eigenvalue weighted by molar-refractivity contribution is 0.0728. The Morgan fingerprint density at radius 2 is 2.00 bits per heavy atom. The highest BCUT2D eigenvalue weighted by Gasteiger charge is 2.29. The van der Waals surface area contributed by atoms with Crippen LogP contribution in [0.2, 0.25) is 0 Å². The first-order valence-electron chi connectivity index (χ1n) is 12.1. The number of ether oxygens (including phenoxy) is 1. The summed E-state index contributed by atoms with van der Waals surface area (Å²) in [5, 5.41) is 18.3. The van der Waals surface area contributed by atoms with E-state index in [1.165, 1.54) is 12.1 Å². The van der Waals surface area contributed by atoms with Gasteiger partial charge in [-0.2, -0.15) is 5.10 Å². The van der Waals surface area contributed by atoms with Crippen molar-refractivity contribution in [1.29, 1.82) is 0 Å². The van der Waals surface area contributed by atoms with Gasteiger partial charge in [0.25, 0.3) is 0 Å². The van der Waals surface area contributed by atoms with E-state index >= 15 is 0 Å². The molecule has 4 heterocycles. The highest BCUT2D eigenvalue weighted by Crippen LogP contribution is 2.34. The minimum atomic E-state index is -1.20. The predicted molar refractivity (Wildman–Crippen MR) is 135 cm³/mol. The van der Waals surface area contributed by atoms with E-state index in [0.29, 0.717) is 63.8 Å². The van der Waals surface area contributed by atoms with Crippen LogP contribution in [0.15, 0.2) is 30.3 Å². The summed E-state index contributed by atoms with van der Waals surface area (Å²) in [6, 6.07) is 8.68. The Kier molecular flexibility index (Phi) is 6.08. The lowest BCUT2D eigenvalue weighted by atomic mass is 9.96. The van der Waals surface area contributed by atoms with E-state index in [0.717, 1.165) is 39.0 Å². The van der Waals surface area contributed by atoms with E-state index in [-0.39, 0.29) is 5.75 Å². The quantitative estimate of drug-likeness (QED) is 0.382. The van der Waals surface area contributed by atoms with E-state index in [1.54, 1.807) is 0 Å². The maximum Gasteiger partial charge on any atom is 0.173 e.